The second-order valence-electron chi connectivity index (χ2n) is 8.01. The Kier molecular flexibility index (Phi) is 10.2. The number of carbonyl (C=O) groups excluding carboxylic acids is 2. The number of halogens is 3. The van der Waals surface area contributed by atoms with Crippen LogP contribution in [0.3, 0.4) is 0 Å². The monoisotopic (exact) mass is 699 g/mol. The third-order valence-corrected chi connectivity index (χ3v) is 6.55. The van der Waals surface area contributed by atoms with Gasteiger partial charge in [-0.25, -0.2) is 29.5 Å². The summed E-state index contributed by atoms with van der Waals surface area (Å²) in [4.78, 5) is 42.0. The molecule has 2 aromatic carbocycles. The van der Waals surface area contributed by atoms with Crippen molar-refractivity contribution in [1.29, 1.82) is 0 Å². The number of carbonyl (C=O) groups is 2. The summed E-state index contributed by atoms with van der Waals surface area (Å²) in [5, 5.41) is 5.25. The van der Waals surface area contributed by atoms with Crippen molar-refractivity contribution in [2.75, 3.05) is 14.2 Å². The van der Waals surface area contributed by atoms with Gasteiger partial charge >= 0.3 is 11.9 Å². The van der Waals surface area contributed by atoms with Crippen molar-refractivity contribution in [2.45, 2.75) is 6.54 Å². The summed E-state index contributed by atoms with van der Waals surface area (Å²) < 4.78 is 12.7. The normalized spacial score (nSPS) is 11.0. The number of nitrogens with zero attached hydrogens (tertiary/aromatic N) is 7. The Morgan fingerprint density at radius 2 is 1.54 bits per heavy atom. The molecule has 0 amide bonds. The van der Waals surface area contributed by atoms with Crippen LogP contribution in [-0.2, 0) is 16.0 Å². The molecular weight excluding hydrogens is 682 g/mol. The van der Waals surface area contributed by atoms with Crippen LogP contribution in [0.5, 0.6) is 0 Å². The summed E-state index contributed by atoms with van der Waals surface area (Å²) >= 11 is 12.2. The molecule has 0 radical (unpaired) electrons. The van der Waals surface area contributed by atoms with E-state index in [4.69, 9.17) is 11.6 Å². The van der Waals surface area contributed by atoms with E-state index >= 15 is 0 Å². The summed E-state index contributed by atoms with van der Waals surface area (Å²) in [6, 6.07) is 14.9. The molecule has 0 saturated heterocycles. The van der Waals surface area contributed by atoms with E-state index in [2.05, 4.69) is 83.5 Å². The third-order valence-electron chi connectivity index (χ3n) is 5.38. The van der Waals surface area contributed by atoms with E-state index in [1.807, 2.05) is 30.5 Å². The van der Waals surface area contributed by atoms with Crippen molar-refractivity contribution in [1.82, 2.24) is 29.7 Å². The van der Waals surface area contributed by atoms with E-state index < -0.39 is 11.9 Å². The molecule has 41 heavy (non-hydrogen) atoms. The average Bonchev–Trinajstić information content (AvgIpc) is 3.63. The molecule has 0 aliphatic carbocycles. The van der Waals surface area contributed by atoms with Crippen molar-refractivity contribution in [3.05, 3.63) is 104 Å². The Hall–Kier alpha value is -4.07. The fraction of sp³-hybridized carbons (Fsp3) is 0.111. The second kappa shape index (κ2) is 14.0. The fourth-order valence-electron chi connectivity index (χ4n) is 3.45. The molecule has 4 heterocycles. The Balaban J connectivity index is 0.000000156. The van der Waals surface area contributed by atoms with Crippen LogP contribution in [-0.4, -0.2) is 62.1 Å². The van der Waals surface area contributed by atoms with Gasteiger partial charge in [0, 0.05) is 32.9 Å². The Bertz CT molecular complexity index is 1750. The average molecular weight is 702 g/mol. The molecule has 14 heteroatoms. The molecule has 6 rings (SSSR count). The minimum absolute atomic E-state index is 0.0351. The second-order valence-corrected chi connectivity index (χ2v) is 10.2. The van der Waals surface area contributed by atoms with Gasteiger partial charge in [-0.2, -0.15) is 9.78 Å². The first-order valence-corrected chi connectivity index (χ1v) is 13.7. The molecular formula is C27H20Br2ClN7O4. The van der Waals surface area contributed by atoms with Crippen molar-refractivity contribution >= 4 is 72.5 Å². The Morgan fingerprint density at radius 1 is 0.878 bits per heavy atom. The van der Waals surface area contributed by atoms with Crippen LogP contribution < -0.4 is 0 Å². The lowest BCUT2D eigenvalue weighted by Crippen LogP contribution is -2.09. The first-order chi connectivity index (χ1) is 19.8. The summed E-state index contributed by atoms with van der Waals surface area (Å²) in [5.41, 5.74) is 3.77. The van der Waals surface area contributed by atoms with Crippen LogP contribution in [0.15, 0.2) is 81.1 Å². The number of fused-ring (bicyclic) bond motifs is 2. The van der Waals surface area contributed by atoms with Crippen molar-refractivity contribution < 1.29 is 19.1 Å². The Morgan fingerprint density at radius 3 is 2.24 bits per heavy atom. The van der Waals surface area contributed by atoms with E-state index in [1.54, 1.807) is 10.9 Å². The molecule has 0 fully saturated rings. The van der Waals surface area contributed by atoms with Gasteiger partial charge in [0.15, 0.2) is 11.4 Å². The van der Waals surface area contributed by atoms with Gasteiger partial charge in [-0.05, 0) is 59.1 Å². The van der Waals surface area contributed by atoms with Gasteiger partial charge < -0.3 is 9.47 Å². The molecule has 0 unspecified atom stereocenters. The molecule has 0 bridgehead atoms. The number of aliphatic imine (C=N–C) groups is 1. The summed E-state index contributed by atoms with van der Waals surface area (Å²) in [5.74, 6) is -0.707. The zero-order chi connectivity index (χ0) is 29.4. The molecule has 0 spiro atoms. The van der Waals surface area contributed by atoms with E-state index in [-0.39, 0.29) is 16.7 Å². The van der Waals surface area contributed by atoms with Crippen LogP contribution >= 0.6 is 43.5 Å². The summed E-state index contributed by atoms with van der Waals surface area (Å²) in [6.07, 6.45) is 6.53. The number of rotatable bonds is 3. The number of esters is 2. The van der Waals surface area contributed by atoms with E-state index in [9.17, 15) is 9.59 Å². The lowest BCUT2D eigenvalue weighted by molar-refractivity contribution is 0.0585. The number of benzene rings is 2. The van der Waals surface area contributed by atoms with Gasteiger partial charge in [0.25, 0.3) is 5.95 Å². The van der Waals surface area contributed by atoms with Crippen LogP contribution in [0.2, 0.25) is 5.28 Å². The van der Waals surface area contributed by atoms with Gasteiger partial charge in [0.2, 0.25) is 5.28 Å². The van der Waals surface area contributed by atoms with Crippen LogP contribution in [0, 0.1) is 0 Å². The van der Waals surface area contributed by atoms with Crippen molar-refractivity contribution in [3.63, 3.8) is 0 Å². The maximum atomic E-state index is 11.5. The highest BCUT2D eigenvalue weighted by molar-refractivity contribution is 9.10. The van der Waals surface area contributed by atoms with Gasteiger partial charge in [-0.3, -0.25) is 4.99 Å². The number of hydrogen-bond acceptors (Lipinski definition) is 10. The smallest absolute Gasteiger partial charge is 0.356 e. The van der Waals surface area contributed by atoms with Gasteiger partial charge in [-0.15, -0.1) is 0 Å². The Labute approximate surface area is 255 Å². The molecule has 5 aromatic rings. The van der Waals surface area contributed by atoms with Crippen LogP contribution in [0.25, 0.3) is 16.9 Å². The van der Waals surface area contributed by atoms with Gasteiger partial charge in [-0.1, -0.05) is 44.0 Å². The molecule has 1 aliphatic rings. The molecule has 0 N–H and O–H groups in total. The number of hydrogen-bond donors (Lipinski definition) is 0. The first-order valence-electron chi connectivity index (χ1n) is 11.7. The third kappa shape index (κ3) is 7.78. The highest BCUT2D eigenvalue weighted by Gasteiger charge is 2.12. The summed E-state index contributed by atoms with van der Waals surface area (Å²) in [7, 11) is 2.59. The molecule has 0 saturated carbocycles. The van der Waals surface area contributed by atoms with E-state index in [1.165, 1.54) is 49.9 Å². The van der Waals surface area contributed by atoms with Crippen molar-refractivity contribution in [2.24, 2.45) is 4.99 Å². The number of ether oxygens (including phenoxy) is 2. The lowest BCUT2D eigenvalue weighted by atomic mass is 10.1. The molecule has 1 aliphatic heterocycles. The zero-order valence-corrected chi connectivity index (χ0v) is 25.5. The maximum Gasteiger partial charge on any atom is 0.356 e. The highest BCUT2D eigenvalue weighted by Crippen LogP contribution is 2.21. The highest BCUT2D eigenvalue weighted by atomic mass is 79.9. The minimum Gasteiger partial charge on any atom is -0.464 e. The number of methoxy groups -OCH3 is 2. The first kappa shape index (κ1) is 29.9. The molecule has 3 aromatic heterocycles. The zero-order valence-electron chi connectivity index (χ0n) is 21.5. The molecule has 208 valence electrons. The SMILES string of the molecule is Brc1ccc2c(c1)CN=C2.COC(=O)c1ccnc(-n2ncc3ccc(Br)cc32)n1.COC(=O)c1ccnc(Cl)n1. The molecule has 0 atom stereocenters. The predicted molar refractivity (Wildman–Crippen MR) is 160 cm³/mol. The van der Waals surface area contributed by atoms with Crippen LogP contribution in [0.4, 0.5) is 0 Å². The predicted octanol–water partition coefficient (Wildman–Crippen LogP) is 5.66. The number of aromatic nitrogens is 6. The van der Waals surface area contributed by atoms with Crippen LogP contribution in [0.1, 0.15) is 32.1 Å². The summed E-state index contributed by atoms with van der Waals surface area (Å²) in [6.45, 7) is 0.842. The van der Waals surface area contributed by atoms with E-state index in [0.29, 0.717) is 5.95 Å². The maximum absolute atomic E-state index is 11.5. The standard InChI is InChI=1S/C13H9BrN4O2.C8H6BrN.C6H5ClN2O2/c1-20-12(19)10-4-5-15-13(17-10)18-11-6-9(14)3-2-8(11)7-16-18;9-8-2-1-6-4-10-5-7(6)3-8;1-11-5(10)4-2-3-8-6(7)9-4/h2-7H,1H3;1-4H,5H2;2-3H,1H3. The largest absolute Gasteiger partial charge is 0.464 e. The molecule has 11 nitrogen and oxygen atoms in total. The van der Waals surface area contributed by atoms with Gasteiger partial charge in [0.05, 0.1) is 32.5 Å². The fourth-order valence-corrected chi connectivity index (χ4v) is 4.36. The lowest BCUT2D eigenvalue weighted by Gasteiger charge is -2.03. The topological polar surface area (TPSA) is 134 Å². The van der Waals surface area contributed by atoms with E-state index in [0.717, 1.165) is 26.4 Å². The van der Waals surface area contributed by atoms with Crippen molar-refractivity contribution in [3.8, 4) is 5.95 Å². The van der Waals surface area contributed by atoms with Gasteiger partial charge in [0.1, 0.15) is 0 Å². The minimum atomic E-state index is -0.519. The quantitative estimate of drug-likeness (QED) is 0.173.